The van der Waals surface area contributed by atoms with Gasteiger partial charge in [-0.3, -0.25) is 4.79 Å². The highest BCUT2D eigenvalue weighted by molar-refractivity contribution is 5.99. The van der Waals surface area contributed by atoms with E-state index in [0.29, 0.717) is 23.9 Å². The average molecular weight is 310 g/mol. The highest BCUT2D eigenvalue weighted by Crippen LogP contribution is 2.26. The molecule has 1 fully saturated rings. The number of carbonyl (C=O) groups excluding carboxylic acids is 1. The van der Waals surface area contributed by atoms with Crippen molar-refractivity contribution in [1.82, 2.24) is 5.32 Å². The quantitative estimate of drug-likeness (QED) is 0.831. The molecule has 0 atom stereocenters. The van der Waals surface area contributed by atoms with Crippen LogP contribution in [0.25, 0.3) is 0 Å². The van der Waals surface area contributed by atoms with Crippen molar-refractivity contribution in [2.75, 3.05) is 5.73 Å². The topological polar surface area (TPSA) is 64.4 Å². The zero-order valence-corrected chi connectivity index (χ0v) is 13.1. The number of nitrogen functional groups attached to an aromatic ring is 1. The fraction of sp³-hybridized carbons (Fsp3) is 0.316. The fourth-order valence-corrected chi connectivity index (χ4v) is 2.93. The maximum atomic E-state index is 12.3. The lowest BCUT2D eigenvalue weighted by atomic mass is 10.1. The molecule has 4 heteroatoms. The minimum atomic E-state index is -0.168. The zero-order valence-electron chi connectivity index (χ0n) is 13.1. The van der Waals surface area contributed by atoms with Gasteiger partial charge >= 0.3 is 0 Å². The van der Waals surface area contributed by atoms with Gasteiger partial charge in [-0.2, -0.15) is 0 Å². The van der Waals surface area contributed by atoms with Crippen LogP contribution in [-0.4, -0.2) is 12.0 Å². The zero-order chi connectivity index (χ0) is 16.1. The SMILES string of the molecule is Nc1ccccc1C(=O)NCc1ccccc1OC1CCCC1. The van der Waals surface area contributed by atoms with Gasteiger partial charge < -0.3 is 15.8 Å². The van der Waals surface area contributed by atoms with E-state index in [0.717, 1.165) is 24.2 Å². The summed E-state index contributed by atoms with van der Waals surface area (Å²) in [6.07, 6.45) is 4.99. The Labute approximate surface area is 136 Å². The van der Waals surface area contributed by atoms with Gasteiger partial charge in [-0.15, -0.1) is 0 Å². The summed E-state index contributed by atoms with van der Waals surface area (Å²) >= 11 is 0. The van der Waals surface area contributed by atoms with Crippen molar-refractivity contribution in [3.05, 3.63) is 59.7 Å². The molecule has 0 aliphatic heterocycles. The Kier molecular flexibility index (Phi) is 4.81. The molecule has 1 aliphatic carbocycles. The third kappa shape index (κ3) is 3.83. The van der Waals surface area contributed by atoms with Gasteiger partial charge in [0, 0.05) is 17.8 Å². The van der Waals surface area contributed by atoms with Gasteiger partial charge in [0.25, 0.3) is 5.91 Å². The van der Waals surface area contributed by atoms with Crippen LogP contribution in [0, 0.1) is 0 Å². The molecule has 0 spiro atoms. The number of hydrogen-bond donors (Lipinski definition) is 2. The van der Waals surface area contributed by atoms with Gasteiger partial charge in [0.15, 0.2) is 0 Å². The molecular weight excluding hydrogens is 288 g/mol. The Bertz CT molecular complexity index is 679. The monoisotopic (exact) mass is 310 g/mol. The number of carbonyl (C=O) groups is 1. The number of nitrogens with two attached hydrogens (primary N) is 1. The molecule has 0 saturated heterocycles. The largest absolute Gasteiger partial charge is 0.490 e. The first-order valence-electron chi connectivity index (χ1n) is 8.11. The van der Waals surface area contributed by atoms with Crippen LogP contribution in [0.15, 0.2) is 48.5 Å². The molecule has 1 saturated carbocycles. The Morgan fingerprint density at radius 3 is 2.57 bits per heavy atom. The molecule has 0 aromatic heterocycles. The fourth-order valence-electron chi connectivity index (χ4n) is 2.93. The smallest absolute Gasteiger partial charge is 0.253 e. The molecule has 3 rings (SSSR count). The van der Waals surface area contributed by atoms with Crippen molar-refractivity contribution in [2.45, 2.75) is 38.3 Å². The first kappa shape index (κ1) is 15.4. The summed E-state index contributed by atoms with van der Waals surface area (Å²) in [6.45, 7) is 0.427. The second-order valence-electron chi connectivity index (χ2n) is 5.90. The van der Waals surface area contributed by atoms with Gasteiger partial charge in [-0.05, 0) is 43.9 Å². The van der Waals surface area contributed by atoms with Gasteiger partial charge in [0.2, 0.25) is 0 Å². The molecule has 0 heterocycles. The van der Waals surface area contributed by atoms with Crippen molar-refractivity contribution < 1.29 is 9.53 Å². The molecular formula is C19H22N2O2. The lowest BCUT2D eigenvalue weighted by Gasteiger charge is -2.17. The predicted octanol–water partition coefficient (Wildman–Crippen LogP) is 3.52. The third-order valence-corrected chi connectivity index (χ3v) is 4.21. The molecule has 1 amide bonds. The number of hydrogen-bond acceptors (Lipinski definition) is 3. The minimum absolute atomic E-state index is 0.168. The van der Waals surface area contributed by atoms with E-state index in [1.165, 1.54) is 12.8 Å². The summed E-state index contributed by atoms with van der Waals surface area (Å²) in [7, 11) is 0. The molecule has 1 aliphatic rings. The van der Waals surface area contributed by atoms with Gasteiger partial charge in [0.05, 0.1) is 11.7 Å². The first-order chi connectivity index (χ1) is 11.2. The summed E-state index contributed by atoms with van der Waals surface area (Å²) in [5.41, 5.74) is 7.82. The summed E-state index contributed by atoms with van der Waals surface area (Å²) in [6, 6.07) is 15.0. The molecule has 0 radical (unpaired) electrons. The normalized spacial score (nSPS) is 14.6. The number of amides is 1. The minimum Gasteiger partial charge on any atom is -0.490 e. The van der Waals surface area contributed by atoms with Crippen molar-refractivity contribution in [1.29, 1.82) is 0 Å². The van der Waals surface area contributed by atoms with Crippen molar-refractivity contribution in [3.63, 3.8) is 0 Å². The molecule has 4 nitrogen and oxygen atoms in total. The summed E-state index contributed by atoms with van der Waals surface area (Å²) in [5.74, 6) is 0.694. The molecule has 3 N–H and O–H groups in total. The Morgan fingerprint density at radius 1 is 1.09 bits per heavy atom. The van der Waals surface area contributed by atoms with Gasteiger partial charge in [-0.25, -0.2) is 0 Å². The van der Waals surface area contributed by atoms with Crippen LogP contribution in [-0.2, 0) is 6.54 Å². The van der Waals surface area contributed by atoms with Crippen LogP contribution in [0.5, 0.6) is 5.75 Å². The number of para-hydroxylation sites is 2. The first-order valence-corrected chi connectivity index (χ1v) is 8.11. The lowest BCUT2D eigenvalue weighted by molar-refractivity contribution is 0.0951. The second kappa shape index (κ2) is 7.18. The van der Waals surface area contributed by atoms with Crippen LogP contribution in [0.4, 0.5) is 5.69 Å². The Morgan fingerprint density at radius 2 is 1.78 bits per heavy atom. The van der Waals surface area contributed by atoms with E-state index in [9.17, 15) is 4.79 Å². The van der Waals surface area contributed by atoms with Crippen LogP contribution < -0.4 is 15.8 Å². The molecule has 0 bridgehead atoms. The summed E-state index contributed by atoms with van der Waals surface area (Å²) < 4.78 is 6.09. The van der Waals surface area contributed by atoms with Crippen LogP contribution in [0.1, 0.15) is 41.6 Å². The molecule has 120 valence electrons. The number of nitrogens with one attached hydrogen (secondary N) is 1. The second-order valence-corrected chi connectivity index (χ2v) is 5.90. The van der Waals surface area contributed by atoms with E-state index < -0.39 is 0 Å². The number of anilines is 1. The number of benzene rings is 2. The number of ether oxygens (including phenoxy) is 1. The van der Waals surface area contributed by atoms with Crippen molar-refractivity contribution in [3.8, 4) is 5.75 Å². The number of rotatable bonds is 5. The van der Waals surface area contributed by atoms with Gasteiger partial charge in [-0.1, -0.05) is 30.3 Å². The molecule has 23 heavy (non-hydrogen) atoms. The van der Waals surface area contributed by atoms with Crippen LogP contribution in [0.2, 0.25) is 0 Å². The summed E-state index contributed by atoms with van der Waals surface area (Å²) in [4.78, 5) is 12.3. The maximum absolute atomic E-state index is 12.3. The summed E-state index contributed by atoms with van der Waals surface area (Å²) in [5, 5.41) is 2.92. The maximum Gasteiger partial charge on any atom is 0.253 e. The molecule has 2 aromatic carbocycles. The third-order valence-electron chi connectivity index (χ3n) is 4.21. The lowest BCUT2D eigenvalue weighted by Crippen LogP contribution is -2.24. The Balaban J connectivity index is 1.66. The average Bonchev–Trinajstić information content (AvgIpc) is 3.07. The predicted molar refractivity (Wildman–Crippen MR) is 91.4 cm³/mol. The highest BCUT2D eigenvalue weighted by Gasteiger charge is 2.18. The van der Waals surface area contributed by atoms with Crippen LogP contribution in [0.3, 0.4) is 0 Å². The van der Waals surface area contributed by atoms with E-state index in [4.69, 9.17) is 10.5 Å². The molecule has 2 aromatic rings. The standard InChI is InChI=1S/C19H22N2O2/c20-17-11-5-4-10-16(17)19(22)21-13-14-7-1-6-12-18(14)23-15-8-2-3-9-15/h1,4-7,10-12,15H,2-3,8-9,13,20H2,(H,21,22). The van der Waals surface area contributed by atoms with E-state index in [-0.39, 0.29) is 5.91 Å². The van der Waals surface area contributed by atoms with Crippen molar-refractivity contribution in [2.24, 2.45) is 0 Å². The van der Waals surface area contributed by atoms with E-state index in [2.05, 4.69) is 5.32 Å². The molecule has 0 unspecified atom stereocenters. The van der Waals surface area contributed by atoms with Crippen LogP contribution >= 0.6 is 0 Å². The Hall–Kier alpha value is -2.49. The van der Waals surface area contributed by atoms with E-state index in [1.807, 2.05) is 36.4 Å². The van der Waals surface area contributed by atoms with Crippen molar-refractivity contribution >= 4 is 11.6 Å². The van der Waals surface area contributed by atoms with E-state index >= 15 is 0 Å². The van der Waals surface area contributed by atoms with Gasteiger partial charge in [0.1, 0.15) is 5.75 Å². The van der Waals surface area contributed by atoms with E-state index in [1.54, 1.807) is 12.1 Å². The highest BCUT2D eigenvalue weighted by atomic mass is 16.5.